The van der Waals surface area contributed by atoms with Crippen molar-refractivity contribution in [3.8, 4) is 0 Å². The molecule has 0 amide bonds. The predicted molar refractivity (Wildman–Crippen MR) is 78.1 cm³/mol. The number of hydrogen-bond donors (Lipinski definition) is 1. The first-order chi connectivity index (χ1) is 9.44. The third-order valence-corrected chi connectivity index (χ3v) is 4.80. The van der Waals surface area contributed by atoms with E-state index in [9.17, 15) is 8.42 Å². The summed E-state index contributed by atoms with van der Waals surface area (Å²) in [6.07, 6.45) is 1.53. The molecule has 2 aromatic rings. The number of nitrogens with one attached hydrogen (secondary N) is 1. The first-order valence-electron chi connectivity index (χ1n) is 6.21. The van der Waals surface area contributed by atoms with Crippen LogP contribution in [0.5, 0.6) is 0 Å². The van der Waals surface area contributed by atoms with Crippen LogP contribution in [0.15, 0.2) is 35.4 Å². The Bertz CT molecular complexity index is 710. The van der Waals surface area contributed by atoms with Crippen LogP contribution in [0.3, 0.4) is 0 Å². The Kier molecular flexibility index (Phi) is 4.47. The fraction of sp³-hybridized carbons (Fsp3) is 0.308. The van der Waals surface area contributed by atoms with Gasteiger partial charge in [0, 0.05) is 24.3 Å². The highest BCUT2D eigenvalue weighted by Gasteiger charge is 2.20. The number of aromatic nitrogens is 2. The number of rotatable bonds is 5. The van der Waals surface area contributed by atoms with Gasteiger partial charge in [0.2, 0.25) is 10.0 Å². The standard InChI is InChI=1S/C13H16ClN3O2S/c1-3-17-9-13(10(2)16-17)20(18,19)15-8-11-6-4-5-7-12(11)14/h4-7,9,15H,3,8H2,1-2H3. The second-order valence-electron chi connectivity index (χ2n) is 4.35. The summed E-state index contributed by atoms with van der Waals surface area (Å²) >= 11 is 6.01. The van der Waals surface area contributed by atoms with Crippen molar-refractivity contribution in [2.75, 3.05) is 0 Å². The van der Waals surface area contributed by atoms with Crippen LogP contribution in [0.2, 0.25) is 5.02 Å². The fourth-order valence-corrected chi connectivity index (χ4v) is 3.21. The molecule has 5 nitrogen and oxygen atoms in total. The van der Waals surface area contributed by atoms with Crippen LogP contribution in [-0.2, 0) is 23.1 Å². The molecule has 1 aromatic heterocycles. The van der Waals surface area contributed by atoms with E-state index in [1.54, 1.807) is 29.8 Å². The monoisotopic (exact) mass is 313 g/mol. The lowest BCUT2D eigenvalue weighted by molar-refractivity contribution is 0.580. The van der Waals surface area contributed by atoms with E-state index in [-0.39, 0.29) is 11.4 Å². The molecule has 0 bridgehead atoms. The Morgan fingerprint density at radius 1 is 1.35 bits per heavy atom. The number of halogens is 1. The molecule has 0 radical (unpaired) electrons. The van der Waals surface area contributed by atoms with Crippen LogP contribution < -0.4 is 4.72 Å². The molecule has 1 N–H and O–H groups in total. The first-order valence-corrected chi connectivity index (χ1v) is 8.07. The number of hydrogen-bond acceptors (Lipinski definition) is 3. The SMILES string of the molecule is CCn1cc(S(=O)(=O)NCc2ccccc2Cl)c(C)n1. The zero-order chi connectivity index (χ0) is 14.8. The van der Waals surface area contributed by atoms with Crippen LogP contribution in [0.1, 0.15) is 18.2 Å². The van der Waals surface area contributed by atoms with E-state index < -0.39 is 10.0 Å². The van der Waals surface area contributed by atoms with Crippen LogP contribution in [0.25, 0.3) is 0 Å². The molecule has 0 atom stereocenters. The molecule has 0 aliphatic rings. The summed E-state index contributed by atoms with van der Waals surface area (Å²) in [5.74, 6) is 0. The second kappa shape index (κ2) is 5.95. The van der Waals surface area contributed by atoms with Gasteiger partial charge in [0.1, 0.15) is 4.90 Å². The van der Waals surface area contributed by atoms with Crippen molar-refractivity contribution in [2.24, 2.45) is 0 Å². The van der Waals surface area contributed by atoms with Gasteiger partial charge in [0.15, 0.2) is 0 Å². The Morgan fingerprint density at radius 2 is 2.05 bits per heavy atom. The molecule has 0 spiro atoms. The maximum atomic E-state index is 12.3. The van der Waals surface area contributed by atoms with Gasteiger partial charge in [-0.3, -0.25) is 4.68 Å². The van der Waals surface area contributed by atoms with Crippen molar-refractivity contribution in [1.29, 1.82) is 0 Å². The summed E-state index contributed by atoms with van der Waals surface area (Å²) in [7, 11) is -3.59. The van der Waals surface area contributed by atoms with E-state index in [2.05, 4.69) is 9.82 Å². The van der Waals surface area contributed by atoms with Gasteiger partial charge >= 0.3 is 0 Å². The molecule has 0 saturated heterocycles. The molecule has 20 heavy (non-hydrogen) atoms. The Morgan fingerprint density at radius 3 is 2.65 bits per heavy atom. The van der Waals surface area contributed by atoms with Gasteiger partial charge in [-0.15, -0.1) is 0 Å². The Labute approximate surface area is 123 Å². The minimum absolute atomic E-state index is 0.152. The number of benzene rings is 1. The van der Waals surface area contributed by atoms with Crippen LogP contribution in [-0.4, -0.2) is 18.2 Å². The van der Waals surface area contributed by atoms with Crippen molar-refractivity contribution < 1.29 is 8.42 Å². The highest BCUT2D eigenvalue weighted by Crippen LogP contribution is 2.17. The third kappa shape index (κ3) is 3.20. The number of nitrogens with zero attached hydrogens (tertiary/aromatic N) is 2. The van der Waals surface area contributed by atoms with Gasteiger partial charge in [-0.25, -0.2) is 13.1 Å². The van der Waals surface area contributed by atoms with Crippen molar-refractivity contribution in [3.63, 3.8) is 0 Å². The van der Waals surface area contributed by atoms with E-state index in [0.717, 1.165) is 5.56 Å². The summed E-state index contributed by atoms with van der Waals surface area (Å²) in [4.78, 5) is 0.200. The lowest BCUT2D eigenvalue weighted by Crippen LogP contribution is -2.23. The normalized spacial score (nSPS) is 11.8. The van der Waals surface area contributed by atoms with E-state index in [1.165, 1.54) is 6.20 Å². The highest BCUT2D eigenvalue weighted by molar-refractivity contribution is 7.89. The van der Waals surface area contributed by atoms with Gasteiger partial charge in [0.05, 0.1) is 5.69 Å². The molecule has 0 unspecified atom stereocenters. The molecular formula is C13H16ClN3O2S. The fourth-order valence-electron chi connectivity index (χ4n) is 1.82. The molecule has 0 aliphatic heterocycles. The summed E-state index contributed by atoms with van der Waals surface area (Å²) in [6, 6.07) is 7.13. The topological polar surface area (TPSA) is 64.0 Å². The summed E-state index contributed by atoms with van der Waals surface area (Å²) in [5, 5.41) is 4.68. The molecule has 1 aromatic carbocycles. The maximum absolute atomic E-state index is 12.3. The van der Waals surface area contributed by atoms with Crippen molar-refractivity contribution in [2.45, 2.75) is 31.8 Å². The van der Waals surface area contributed by atoms with Crippen LogP contribution in [0.4, 0.5) is 0 Å². The predicted octanol–water partition coefficient (Wildman–Crippen LogP) is 2.34. The molecule has 0 fully saturated rings. The third-order valence-electron chi connectivity index (χ3n) is 2.93. The maximum Gasteiger partial charge on any atom is 0.244 e. The second-order valence-corrected chi connectivity index (χ2v) is 6.49. The lowest BCUT2D eigenvalue weighted by atomic mass is 10.2. The smallest absolute Gasteiger partial charge is 0.244 e. The van der Waals surface area contributed by atoms with E-state index in [1.807, 2.05) is 13.0 Å². The zero-order valence-corrected chi connectivity index (χ0v) is 12.9. The summed E-state index contributed by atoms with van der Waals surface area (Å²) in [6.45, 7) is 4.36. The summed E-state index contributed by atoms with van der Waals surface area (Å²) in [5.41, 5.74) is 1.22. The molecule has 1 heterocycles. The Hall–Kier alpha value is -1.37. The van der Waals surface area contributed by atoms with Gasteiger partial charge in [-0.2, -0.15) is 5.10 Å². The van der Waals surface area contributed by atoms with E-state index >= 15 is 0 Å². The van der Waals surface area contributed by atoms with Gasteiger partial charge < -0.3 is 0 Å². The van der Waals surface area contributed by atoms with E-state index in [4.69, 9.17) is 11.6 Å². The van der Waals surface area contributed by atoms with Crippen molar-refractivity contribution >= 4 is 21.6 Å². The molecule has 7 heteroatoms. The van der Waals surface area contributed by atoms with Crippen LogP contribution >= 0.6 is 11.6 Å². The number of aryl methyl sites for hydroxylation is 2. The number of sulfonamides is 1. The van der Waals surface area contributed by atoms with Gasteiger partial charge in [-0.05, 0) is 25.5 Å². The lowest BCUT2D eigenvalue weighted by Gasteiger charge is -2.07. The highest BCUT2D eigenvalue weighted by atomic mass is 35.5. The minimum Gasteiger partial charge on any atom is -0.271 e. The van der Waals surface area contributed by atoms with Gasteiger partial charge in [-0.1, -0.05) is 29.8 Å². The molecule has 0 saturated carbocycles. The molecule has 2 rings (SSSR count). The summed E-state index contributed by atoms with van der Waals surface area (Å²) < 4.78 is 28.7. The van der Waals surface area contributed by atoms with Crippen molar-refractivity contribution in [3.05, 3.63) is 46.7 Å². The molecule has 108 valence electrons. The molecule has 0 aliphatic carbocycles. The Balaban J connectivity index is 2.19. The minimum atomic E-state index is -3.59. The first kappa shape index (κ1) is 15.0. The van der Waals surface area contributed by atoms with Gasteiger partial charge in [0.25, 0.3) is 0 Å². The van der Waals surface area contributed by atoms with E-state index in [0.29, 0.717) is 17.3 Å². The van der Waals surface area contributed by atoms with Crippen molar-refractivity contribution in [1.82, 2.24) is 14.5 Å². The average molecular weight is 314 g/mol. The largest absolute Gasteiger partial charge is 0.271 e. The zero-order valence-electron chi connectivity index (χ0n) is 11.3. The average Bonchev–Trinajstić information content (AvgIpc) is 2.80. The molecular weight excluding hydrogens is 298 g/mol. The quantitative estimate of drug-likeness (QED) is 0.921. The van der Waals surface area contributed by atoms with Crippen LogP contribution in [0, 0.1) is 6.92 Å².